The second kappa shape index (κ2) is 5.53. The molecule has 0 aromatic heterocycles. The molecule has 1 amide bonds. The van der Waals surface area contributed by atoms with Crippen molar-refractivity contribution in [2.45, 2.75) is 39.7 Å². The van der Waals surface area contributed by atoms with Crippen molar-refractivity contribution in [2.24, 2.45) is 5.41 Å². The molecule has 4 nitrogen and oxygen atoms in total. The monoisotopic (exact) mass is 213 g/mol. The molecule has 0 saturated heterocycles. The first-order chi connectivity index (χ1) is 6.74. The van der Waals surface area contributed by atoms with Crippen molar-refractivity contribution in [1.29, 1.82) is 0 Å². The van der Waals surface area contributed by atoms with E-state index in [-0.39, 0.29) is 23.8 Å². The van der Waals surface area contributed by atoms with E-state index in [0.29, 0.717) is 6.42 Å². The van der Waals surface area contributed by atoms with Crippen LogP contribution in [0.3, 0.4) is 0 Å². The number of carboxylic acid groups (broad SMARTS) is 1. The fourth-order valence-corrected chi connectivity index (χ4v) is 1.38. The molecule has 0 fully saturated rings. The lowest BCUT2D eigenvalue weighted by atomic mass is 9.87. The molecule has 0 spiro atoms. The highest BCUT2D eigenvalue weighted by Gasteiger charge is 2.21. The first-order valence-corrected chi connectivity index (χ1v) is 4.89. The largest absolute Gasteiger partial charge is 0.481 e. The van der Waals surface area contributed by atoms with Gasteiger partial charge in [0.25, 0.3) is 0 Å². The van der Waals surface area contributed by atoms with Crippen LogP contribution in [0.15, 0.2) is 12.7 Å². The van der Waals surface area contributed by atoms with Gasteiger partial charge in [-0.2, -0.15) is 0 Å². The van der Waals surface area contributed by atoms with Gasteiger partial charge in [0, 0.05) is 6.04 Å². The van der Waals surface area contributed by atoms with Gasteiger partial charge in [-0.25, -0.2) is 0 Å². The van der Waals surface area contributed by atoms with Gasteiger partial charge in [-0.3, -0.25) is 9.59 Å². The summed E-state index contributed by atoms with van der Waals surface area (Å²) in [5, 5.41) is 11.3. The Balaban J connectivity index is 4.37. The average Bonchev–Trinajstić information content (AvgIpc) is 1.99. The molecule has 0 bridgehead atoms. The predicted molar refractivity (Wildman–Crippen MR) is 58.5 cm³/mol. The second-order valence-corrected chi connectivity index (χ2v) is 4.77. The Labute approximate surface area is 90.4 Å². The summed E-state index contributed by atoms with van der Waals surface area (Å²) in [5.74, 6) is -1.24. The molecule has 1 unspecified atom stereocenters. The van der Waals surface area contributed by atoms with Crippen molar-refractivity contribution in [3.8, 4) is 0 Å². The van der Waals surface area contributed by atoms with Gasteiger partial charge in [-0.1, -0.05) is 27.4 Å². The van der Waals surface area contributed by atoms with Crippen LogP contribution in [-0.4, -0.2) is 23.0 Å². The maximum Gasteiger partial charge on any atom is 0.305 e. The number of carbonyl (C=O) groups excluding carboxylic acids is 1. The summed E-state index contributed by atoms with van der Waals surface area (Å²) in [6, 6.07) is -0.340. The average molecular weight is 213 g/mol. The van der Waals surface area contributed by atoms with E-state index >= 15 is 0 Å². The predicted octanol–water partition coefficient (Wildman–Crippen LogP) is 1.57. The van der Waals surface area contributed by atoms with Crippen LogP contribution in [0.25, 0.3) is 0 Å². The first kappa shape index (κ1) is 13.7. The summed E-state index contributed by atoms with van der Waals surface area (Å²) >= 11 is 0. The number of nitrogens with one attached hydrogen (secondary N) is 1. The van der Waals surface area contributed by atoms with Crippen molar-refractivity contribution in [2.75, 3.05) is 0 Å². The summed E-state index contributed by atoms with van der Waals surface area (Å²) in [4.78, 5) is 21.7. The summed E-state index contributed by atoms with van der Waals surface area (Å²) in [6.45, 7) is 9.34. The molecular formula is C11H19NO3. The van der Waals surface area contributed by atoms with Gasteiger partial charge in [-0.05, 0) is 17.9 Å². The first-order valence-electron chi connectivity index (χ1n) is 4.89. The highest BCUT2D eigenvalue weighted by Crippen LogP contribution is 2.22. The maximum atomic E-state index is 11.1. The molecule has 2 N–H and O–H groups in total. The molecule has 15 heavy (non-hydrogen) atoms. The lowest BCUT2D eigenvalue weighted by Crippen LogP contribution is -2.38. The molecule has 0 heterocycles. The topological polar surface area (TPSA) is 66.4 Å². The number of carbonyl (C=O) groups is 2. The minimum Gasteiger partial charge on any atom is -0.481 e. The second-order valence-electron chi connectivity index (χ2n) is 4.77. The van der Waals surface area contributed by atoms with E-state index in [0.717, 1.165) is 6.08 Å². The standard InChI is InChI=1S/C11H19NO3/c1-5-9(13)12-8(6-10(14)15)7-11(2,3)4/h5,8H,1,6-7H2,2-4H3,(H,12,13)(H,14,15). The van der Waals surface area contributed by atoms with Gasteiger partial charge in [0.15, 0.2) is 0 Å². The van der Waals surface area contributed by atoms with Gasteiger partial charge in [-0.15, -0.1) is 0 Å². The van der Waals surface area contributed by atoms with Crippen LogP contribution in [-0.2, 0) is 9.59 Å². The molecule has 0 aliphatic heterocycles. The summed E-state index contributed by atoms with van der Waals surface area (Å²) < 4.78 is 0. The van der Waals surface area contributed by atoms with Crippen molar-refractivity contribution in [1.82, 2.24) is 5.32 Å². The molecule has 0 saturated carbocycles. The molecule has 1 atom stereocenters. The zero-order valence-electron chi connectivity index (χ0n) is 9.54. The Morgan fingerprint density at radius 2 is 2.00 bits per heavy atom. The summed E-state index contributed by atoms with van der Waals surface area (Å²) in [7, 11) is 0. The number of hydrogen-bond donors (Lipinski definition) is 2. The molecular weight excluding hydrogens is 194 g/mol. The third-order valence-corrected chi connectivity index (χ3v) is 1.81. The van der Waals surface area contributed by atoms with E-state index in [1.165, 1.54) is 0 Å². The van der Waals surface area contributed by atoms with Crippen LogP contribution in [0, 0.1) is 5.41 Å². The Kier molecular flexibility index (Phi) is 5.05. The third-order valence-electron chi connectivity index (χ3n) is 1.81. The van der Waals surface area contributed by atoms with Crippen molar-refractivity contribution < 1.29 is 14.7 Å². The number of aliphatic carboxylic acids is 1. The number of carboxylic acids is 1. The van der Waals surface area contributed by atoms with E-state index in [2.05, 4.69) is 11.9 Å². The molecule has 0 aliphatic rings. The minimum absolute atomic E-state index is 0.0193. The zero-order valence-corrected chi connectivity index (χ0v) is 9.54. The Bertz CT molecular complexity index is 253. The van der Waals surface area contributed by atoms with Crippen LogP contribution in [0.2, 0.25) is 0 Å². The van der Waals surface area contributed by atoms with Crippen LogP contribution in [0.5, 0.6) is 0 Å². The van der Waals surface area contributed by atoms with E-state index in [1.54, 1.807) is 0 Å². The van der Waals surface area contributed by atoms with E-state index in [4.69, 9.17) is 5.11 Å². The van der Waals surface area contributed by atoms with E-state index < -0.39 is 5.97 Å². The molecule has 0 radical (unpaired) electrons. The summed E-state index contributed by atoms with van der Waals surface area (Å²) in [6.07, 6.45) is 1.72. The molecule has 0 rings (SSSR count). The third kappa shape index (κ3) is 7.73. The van der Waals surface area contributed by atoms with Crippen LogP contribution in [0.1, 0.15) is 33.6 Å². The van der Waals surface area contributed by atoms with Gasteiger partial charge >= 0.3 is 5.97 Å². The van der Waals surface area contributed by atoms with E-state index in [9.17, 15) is 9.59 Å². The Morgan fingerprint density at radius 1 is 1.47 bits per heavy atom. The fourth-order valence-electron chi connectivity index (χ4n) is 1.38. The van der Waals surface area contributed by atoms with Crippen LogP contribution >= 0.6 is 0 Å². The smallest absolute Gasteiger partial charge is 0.305 e. The SMILES string of the molecule is C=CC(=O)NC(CC(=O)O)CC(C)(C)C. The van der Waals surface area contributed by atoms with Crippen molar-refractivity contribution in [3.05, 3.63) is 12.7 Å². The number of amides is 1. The molecule has 0 aliphatic carbocycles. The molecule has 0 aromatic rings. The molecule has 86 valence electrons. The quantitative estimate of drug-likeness (QED) is 0.681. The van der Waals surface area contributed by atoms with Crippen LogP contribution in [0.4, 0.5) is 0 Å². The maximum absolute atomic E-state index is 11.1. The zero-order chi connectivity index (χ0) is 12.1. The Hall–Kier alpha value is -1.32. The number of rotatable bonds is 5. The normalized spacial score (nSPS) is 13.0. The lowest BCUT2D eigenvalue weighted by Gasteiger charge is -2.25. The molecule has 4 heteroatoms. The number of hydrogen-bond acceptors (Lipinski definition) is 2. The highest BCUT2D eigenvalue weighted by molar-refractivity contribution is 5.87. The van der Waals surface area contributed by atoms with Gasteiger partial charge in [0.05, 0.1) is 6.42 Å². The van der Waals surface area contributed by atoms with Gasteiger partial charge < -0.3 is 10.4 Å². The van der Waals surface area contributed by atoms with Gasteiger partial charge in [0.1, 0.15) is 0 Å². The van der Waals surface area contributed by atoms with E-state index in [1.807, 2.05) is 20.8 Å². The Morgan fingerprint density at radius 3 is 2.33 bits per heavy atom. The van der Waals surface area contributed by atoms with Crippen molar-refractivity contribution >= 4 is 11.9 Å². The lowest BCUT2D eigenvalue weighted by molar-refractivity contribution is -0.137. The fraction of sp³-hybridized carbons (Fsp3) is 0.636. The van der Waals surface area contributed by atoms with Gasteiger partial charge in [0.2, 0.25) is 5.91 Å². The molecule has 0 aromatic carbocycles. The highest BCUT2D eigenvalue weighted by atomic mass is 16.4. The van der Waals surface area contributed by atoms with Crippen LogP contribution < -0.4 is 5.32 Å². The minimum atomic E-state index is -0.909. The van der Waals surface area contributed by atoms with Crippen molar-refractivity contribution in [3.63, 3.8) is 0 Å². The summed E-state index contributed by atoms with van der Waals surface area (Å²) in [5.41, 5.74) is -0.0193.